The van der Waals surface area contributed by atoms with Crippen LogP contribution in [0.4, 0.5) is 5.82 Å². The lowest BCUT2D eigenvalue weighted by molar-refractivity contribution is 0.681. The first-order valence-electron chi connectivity index (χ1n) is 5.73. The molecule has 17 heavy (non-hydrogen) atoms. The third-order valence-electron chi connectivity index (χ3n) is 2.82. The van der Waals surface area contributed by atoms with Gasteiger partial charge in [-0.1, -0.05) is 13.8 Å². The second-order valence-electron chi connectivity index (χ2n) is 4.25. The van der Waals surface area contributed by atoms with Crippen LogP contribution in [0.2, 0.25) is 0 Å². The summed E-state index contributed by atoms with van der Waals surface area (Å²) in [6, 6.07) is 1.78. The van der Waals surface area contributed by atoms with Gasteiger partial charge in [-0.05, 0) is 6.42 Å². The monoisotopic (exact) mass is 231 g/mol. The molecule has 90 valence electrons. The average molecular weight is 231 g/mol. The van der Waals surface area contributed by atoms with E-state index in [0.29, 0.717) is 11.7 Å². The fourth-order valence-electron chi connectivity index (χ4n) is 1.59. The van der Waals surface area contributed by atoms with Crippen molar-refractivity contribution in [2.45, 2.75) is 26.2 Å². The molecule has 0 radical (unpaired) electrons. The molecule has 2 aromatic rings. The number of hydrogen-bond donors (Lipinski definition) is 1. The maximum Gasteiger partial charge on any atom is 0.134 e. The van der Waals surface area contributed by atoms with Crippen molar-refractivity contribution in [3.05, 3.63) is 24.3 Å². The Balaban J connectivity index is 2.44. The molecule has 0 amide bonds. The lowest BCUT2D eigenvalue weighted by atomic mass is 10.1. The van der Waals surface area contributed by atoms with Crippen LogP contribution in [0.5, 0.6) is 0 Å². The predicted octanol–water partition coefficient (Wildman–Crippen LogP) is 1.97. The molecular weight excluding hydrogens is 214 g/mol. The van der Waals surface area contributed by atoms with Crippen molar-refractivity contribution in [2.24, 2.45) is 7.05 Å². The molecule has 2 heterocycles. The molecule has 0 spiro atoms. The summed E-state index contributed by atoms with van der Waals surface area (Å²) in [5, 5.41) is 4.13. The SMILES string of the molecule is CCC(C)c1nc(N)cc(-c2cnn(C)c2)n1. The topological polar surface area (TPSA) is 69.6 Å². The highest BCUT2D eigenvalue weighted by molar-refractivity contribution is 5.60. The number of nitrogen functional groups attached to an aromatic ring is 1. The molecule has 1 unspecified atom stereocenters. The lowest BCUT2D eigenvalue weighted by Crippen LogP contribution is -2.04. The minimum absolute atomic E-state index is 0.314. The fourth-order valence-corrected chi connectivity index (χ4v) is 1.59. The van der Waals surface area contributed by atoms with Gasteiger partial charge in [0, 0.05) is 30.8 Å². The Morgan fingerprint density at radius 3 is 2.76 bits per heavy atom. The molecule has 1 atom stereocenters. The molecule has 0 aromatic carbocycles. The van der Waals surface area contributed by atoms with Crippen molar-refractivity contribution in [3.63, 3.8) is 0 Å². The maximum absolute atomic E-state index is 5.82. The largest absolute Gasteiger partial charge is 0.384 e. The fraction of sp³-hybridized carbons (Fsp3) is 0.417. The van der Waals surface area contributed by atoms with Gasteiger partial charge in [0.2, 0.25) is 0 Å². The summed E-state index contributed by atoms with van der Waals surface area (Å²) in [6.45, 7) is 4.21. The summed E-state index contributed by atoms with van der Waals surface area (Å²) in [4.78, 5) is 8.82. The summed E-state index contributed by atoms with van der Waals surface area (Å²) in [7, 11) is 1.88. The van der Waals surface area contributed by atoms with Gasteiger partial charge in [-0.25, -0.2) is 9.97 Å². The highest BCUT2D eigenvalue weighted by Crippen LogP contribution is 2.22. The summed E-state index contributed by atoms with van der Waals surface area (Å²) < 4.78 is 1.75. The average Bonchev–Trinajstić information content (AvgIpc) is 2.74. The van der Waals surface area contributed by atoms with Crippen molar-refractivity contribution in [1.29, 1.82) is 0 Å². The van der Waals surface area contributed by atoms with Crippen LogP contribution >= 0.6 is 0 Å². The molecule has 0 aliphatic carbocycles. The number of aryl methyl sites for hydroxylation is 1. The Morgan fingerprint density at radius 1 is 1.41 bits per heavy atom. The second kappa shape index (κ2) is 4.53. The van der Waals surface area contributed by atoms with Crippen molar-refractivity contribution in [2.75, 3.05) is 5.73 Å². The molecule has 0 bridgehead atoms. The van der Waals surface area contributed by atoms with E-state index >= 15 is 0 Å². The van der Waals surface area contributed by atoms with Gasteiger partial charge in [0.25, 0.3) is 0 Å². The zero-order chi connectivity index (χ0) is 12.4. The van der Waals surface area contributed by atoms with Crippen LogP contribution in [0.25, 0.3) is 11.3 Å². The molecule has 0 saturated carbocycles. The van der Waals surface area contributed by atoms with Gasteiger partial charge in [0.15, 0.2) is 0 Å². The van der Waals surface area contributed by atoms with Gasteiger partial charge in [-0.15, -0.1) is 0 Å². The van der Waals surface area contributed by atoms with E-state index in [-0.39, 0.29) is 0 Å². The number of nitrogens with zero attached hydrogens (tertiary/aromatic N) is 4. The Morgan fingerprint density at radius 2 is 2.18 bits per heavy atom. The van der Waals surface area contributed by atoms with Crippen molar-refractivity contribution < 1.29 is 0 Å². The van der Waals surface area contributed by atoms with Gasteiger partial charge in [0.1, 0.15) is 11.6 Å². The first kappa shape index (κ1) is 11.6. The third-order valence-corrected chi connectivity index (χ3v) is 2.82. The number of rotatable bonds is 3. The van der Waals surface area contributed by atoms with E-state index in [4.69, 9.17) is 5.73 Å². The van der Waals surface area contributed by atoms with E-state index in [0.717, 1.165) is 23.5 Å². The van der Waals surface area contributed by atoms with Crippen LogP contribution in [0, 0.1) is 0 Å². The van der Waals surface area contributed by atoms with Gasteiger partial charge >= 0.3 is 0 Å². The predicted molar refractivity (Wildman–Crippen MR) is 67.4 cm³/mol. The van der Waals surface area contributed by atoms with E-state index in [1.807, 2.05) is 13.2 Å². The van der Waals surface area contributed by atoms with Crippen LogP contribution in [-0.2, 0) is 7.05 Å². The quantitative estimate of drug-likeness (QED) is 0.876. The standard InChI is InChI=1S/C12H17N5/c1-4-8(2)12-15-10(5-11(13)16-12)9-6-14-17(3)7-9/h5-8H,4H2,1-3H3,(H2,13,15,16). The van der Waals surface area contributed by atoms with Crippen LogP contribution in [0.1, 0.15) is 32.0 Å². The lowest BCUT2D eigenvalue weighted by Gasteiger charge is -2.09. The Kier molecular flexibility index (Phi) is 3.08. The number of nitrogens with two attached hydrogens (primary N) is 1. The first-order chi connectivity index (χ1) is 8.10. The molecule has 5 nitrogen and oxygen atoms in total. The van der Waals surface area contributed by atoms with E-state index in [1.54, 1.807) is 16.9 Å². The van der Waals surface area contributed by atoms with Crippen molar-refractivity contribution in [1.82, 2.24) is 19.7 Å². The minimum Gasteiger partial charge on any atom is -0.384 e. The van der Waals surface area contributed by atoms with Crippen LogP contribution in [-0.4, -0.2) is 19.7 Å². The van der Waals surface area contributed by atoms with Gasteiger partial charge in [-0.3, -0.25) is 4.68 Å². The molecule has 2 N–H and O–H groups in total. The Hall–Kier alpha value is -1.91. The van der Waals surface area contributed by atoms with E-state index in [1.165, 1.54) is 0 Å². The zero-order valence-corrected chi connectivity index (χ0v) is 10.4. The van der Waals surface area contributed by atoms with Crippen LogP contribution in [0.3, 0.4) is 0 Å². The number of hydrogen-bond acceptors (Lipinski definition) is 4. The van der Waals surface area contributed by atoms with Crippen LogP contribution in [0.15, 0.2) is 18.5 Å². The van der Waals surface area contributed by atoms with Gasteiger partial charge < -0.3 is 5.73 Å². The molecule has 2 rings (SSSR count). The Bertz CT molecular complexity index is 517. The first-order valence-corrected chi connectivity index (χ1v) is 5.73. The zero-order valence-electron chi connectivity index (χ0n) is 10.4. The summed E-state index contributed by atoms with van der Waals surface area (Å²) in [5.41, 5.74) is 7.62. The van der Waals surface area contributed by atoms with Crippen LogP contribution < -0.4 is 5.73 Å². The number of aromatic nitrogens is 4. The molecular formula is C12H17N5. The molecule has 0 saturated heterocycles. The van der Waals surface area contributed by atoms with Gasteiger partial charge in [0.05, 0.1) is 11.9 Å². The normalized spacial score (nSPS) is 12.6. The van der Waals surface area contributed by atoms with E-state index < -0.39 is 0 Å². The second-order valence-corrected chi connectivity index (χ2v) is 4.25. The van der Waals surface area contributed by atoms with E-state index in [2.05, 4.69) is 28.9 Å². The van der Waals surface area contributed by atoms with Gasteiger partial charge in [-0.2, -0.15) is 5.10 Å². The maximum atomic E-state index is 5.82. The molecule has 2 aromatic heterocycles. The smallest absolute Gasteiger partial charge is 0.134 e. The minimum atomic E-state index is 0.314. The molecule has 0 aliphatic rings. The van der Waals surface area contributed by atoms with Crippen molar-refractivity contribution >= 4 is 5.82 Å². The molecule has 5 heteroatoms. The number of anilines is 1. The van der Waals surface area contributed by atoms with Crippen molar-refractivity contribution in [3.8, 4) is 11.3 Å². The molecule has 0 fully saturated rings. The van der Waals surface area contributed by atoms with E-state index in [9.17, 15) is 0 Å². The highest BCUT2D eigenvalue weighted by atomic mass is 15.2. The molecule has 0 aliphatic heterocycles. The summed E-state index contributed by atoms with van der Waals surface area (Å²) in [5.74, 6) is 1.62. The third kappa shape index (κ3) is 2.43. The summed E-state index contributed by atoms with van der Waals surface area (Å²) in [6.07, 6.45) is 4.69. The highest BCUT2D eigenvalue weighted by Gasteiger charge is 2.11. The summed E-state index contributed by atoms with van der Waals surface area (Å²) >= 11 is 0. The Labute approximate surface area is 101 Å².